The highest BCUT2D eigenvalue weighted by atomic mass is 35.5. The summed E-state index contributed by atoms with van der Waals surface area (Å²) in [7, 11) is 1.53. The summed E-state index contributed by atoms with van der Waals surface area (Å²) >= 11 is 5.77. The molecule has 6 heteroatoms. The van der Waals surface area contributed by atoms with Crippen LogP contribution in [0.25, 0.3) is 11.3 Å². The Hall–Kier alpha value is -1.72. The molecule has 0 amide bonds. The van der Waals surface area contributed by atoms with Crippen LogP contribution in [-0.4, -0.2) is 24.1 Å². The van der Waals surface area contributed by atoms with E-state index in [-0.39, 0.29) is 11.8 Å². The van der Waals surface area contributed by atoms with Crippen LogP contribution in [0, 0.1) is 12.7 Å². The van der Waals surface area contributed by atoms with Gasteiger partial charge in [-0.05, 0) is 25.1 Å². The number of aromatic nitrogens is 2. The van der Waals surface area contributed by atoms with E-state index in [4.69, 9.17) is 21.1 Å². The maximum atomic E-state index is 13.2. The first-order valence-corrected chi connectivity index (χ1v) is 5.90. The number of hydrogen-bond donors (Lipinski definition) is 0. The molecule has 0 bridgehead atoms. The second kappa shape index (κ2) is 5.95. The topological polar surface area (TPSA) is 44.2 Å². The van der Waals surface area contributed by atoms with Gasteiger partial charge in [0, 0.05) is 18.2 Å². The molecule has 1 heterocycles. The molecule has 0 fully saturated rings. The third-order valence-electron chi connectivity index (χ3n) is 2.58. The molecule has 19 heavy (non-hydrogen) atoms. The van der Waals surface area contributed by atoms with Gasteiger partial charge in [0.25, 0.3) is 0 Å². The van der Waals surface area contributed by atoms with Crippen LogP contribution in [0.5, 0.6) is 5.75 Å². The summed E-state index contributed by atoms with van der Waals surface area (Å²) in [6.07, 6.45) is 1.50. The predicted octanol–water partition coefficient (Wildman–Crippen LogP) is 3.23. The Bertz CT molecular complexity index is 593. The minimum Gasteiger partial charge on any atom is -0.466 e. The molecule has 0 atom stereocenters. The van der Waals surface area contributed by atoms with Gasteiger partial charge in [0.1, 0.15) is 11.6 Å². The summed E-state index contributed by atoms with van der Waals surface area (Å²) in [5.74, 6) is 0.0927. The smallest absolute Gasteiger partial charge is 0.188 e. The molecular weight excluding hydrogens is 271 g/mol. The molecule has 0 aliphatic carbocycles. The highest BCUT2D eigenvalue weighted by Gasteiger charge is 2.11. The summed E-state index contributed by atoms with van der Waals surface area (Å²) in [6.45, 7) is 1.96. The number of nitrogens with zero attached hydrogens (tertiary/aromatic N) is 2. The molecule has 0 aliphatic heterocycles. The van der Waals surface area contributed by atoms with Crippen LogP contribution in [0.1, 0.15) is 5.56 Å². The van der Waals surface area contributed by atoms with Crippen molar-refractivity contribution >= 4 is 11.6 Å². The first kappa shape index (κ1) is 13.7. The van der Waals surface area contributed by atoms with Crippen molar-refractivity contribution in [1.82, 2.24) is 10.2 Å². The first-order valence-electron chi connectivity index (χ1n) is 5.53. The van der Waals surface area contributed by atoms with Crippen LogP contribution in [-0.2, 0) is 4.74 Å². The Morgan fingerprint density at radius 3 is 2.84 bits per heavy atom. The van der Waals surface area contributed by atoms with E-state index < -0.39 is 5.82 Å². The monoisotopic (exact) mass is 282 g/mol. The summed E-state index contributed by atoms with van der Waals surface area (Å²) < 4.78 is 23.4. The molecule has 4 nitrogen and oxygen atoms in total. The van der Waals surface area contributed by atoms with Crippen molar-refractivity contribution < 1.29 is 13.9 Å². The number of methoxy groups -OCH3 is 1. The largest absolute Gasteiger partial charge is 0.466 e. The van der Waals surface area contributed by atoms with Gasteiger partial charge in [-0.3, -0.25) is 0 Å². The van der Waals surface area contributed by atoms with Gasteiger partial charge in [0.05, 0.1) is 16.9 Å². The standard InChI is InChI=1S/C13H12ClFN2O2/c1-8-12(19-7-18-2)6-16-17-13(8)9-3-4-11(15)10(14)5-9/h3-6H,7H2,1-2H3. The molecule has 0 radical (unpaired) electrons. The number of hydrogen-bond acceptors (Lipinski definition) is 4. The molecule has 100 valence electrons. The Kier molecular flexibility index (Phi) is 4.29. The first-order chi connectivity index (χ1) is 9.13. The molecule has 0 N–H and O–H groups in total. The van der Waals surface area contributed by atoms with Gasteiger partial charge in [-0.15, -0.1) is 5.10 Å². The van der Waals surface area contributed by atoms with E-state index in [0.29, 0.717) is 17.0 Å². The van der Waals surface area contributed by atoms with E-state index in [0.717, 1.165) is 5.56 Å². The molecule has 0 unspecified atom stereocenters. The van der Waals surface area contributed by atoms with Gasteiger partial charge >= 0.3 is 0 Å². The Morgan fingerprint density at radius 1 is 1.37 bits per heavy atom. The van der Waals surface area contributed by atoms with Crippen molar-refractivity contribution in [2.24, 2.45) is 0 Å². The molecule has 2 rings (SSSR count). The fourth-order valence-electron chi connectivity index (χ4n) is 1.61. The van der Waals surface area contributed by atoms with Crippen LogP contribution in [0.4, 0.5) is 4.39 Å². The van der Waals surface area contributed by atoms with Gasteiger partial charge in [0.15, 0.2) is 6.79 Å². The maximum Gasteiger partial charge on any atom is 0.188 e. The van der Waals surface area contributed by atoms with Crippen LogP contribution in [0.15, 0.2) is 24.4 Å². The van der Waals surface area contributed by atoms with Crippen LogP contribution in [0.3, 0.4) is 0 Å². The van der Waals surface area contributed by atoms with E-state index in [1.54, 1.807) is 6.07 Å². The van der Waals surface area contributed by atoms with Gasteiger partial charge < -0.3 is 9.47 Å². The zero-order valence-electron chi connectivity index (χ0n) is 10.5. The van der Waals surface area contributed by atoms with Crippen LogP contribution >= 0.6 is 11.6 Å². The minimum absolute atomic E-state index is 0.0434. The lowest BCUT2D eigenvalue weighted by Crippen LogP contribution is -2.03. The lowest BCUT2D eigenvalue weighted by molar-refractivity contribution is 0.0503. The third-order valence-corrected chi connectivity index (χ3v) is 2.87. The van der Waals surface area contributed by atoms with Crippen molar-refractivity contribution in [2.75, 3.05) is 13.9 Å². The molecule has 1 aromatic carbocycles. The lowest BCUT2D eigenvalue weighted by Gasteiger charge is -2.10. The summed E-state index contributed by atoms with van der Waals surface area (Å²) in [6, 6.07) is 4.40. The van der Waals surface area contributed by atoms with Crippen LogP contribution in [0.2, 0.25) is 5.02 Å². The van der Waals surface area contributed by atoms with E-state index in [2.05, 4.69) is 10.2 Å². The summed E-state index contributed by atoms with van der Waals surface area (Å²) in [5, 5.41) is 7.94. The molecule has 2 aromatic rings. The van der Waals surface area contributed by atoms with E-state index in [1.165, 1.54) is 25.4 Å². The van der Waals surface area contributed by atoms with Crippen molar-refractivity contribution in [1.29, 1.82) is 0 Å². The number of ether oxygens (including phenoxy) is 2. The zero-order valence-corrected chi connectivity index (χ0v) is 11.2. The lowest BCUT2D eigenvalue weighted by atomic mass is 10.1. The summed E-state index contributed by atoms with van der Waals surface area (Å²) in [4.78, 5) is 0. The number of halogens is 2. The van der Waals surface area contributed by atoms with E-state index >= 15 is 0 Å². The second-order valence-corrected chi connectivity index (χ2v) is 4.27. The van der Waals surface area contributed by atoms with Crippen molar-refractivity contribution in [3.05, 3.63) is 40.8 Å². The average molecular weight is 283 g/mol. The second-order valence-electron chi connectivity index (χ2n) is 3.86. The molecule has 0 saturated carbocycles. The molecule has 0 spiro atoms. The van der Waals surface area contributed by atoms with Gasteiger partial charge in [-0.25, -0.2) is 4.39 Å². The van der Waals surface area contributed by atoms with Gasteiger partial charge in [0.2, 0.25) is 0 Å². The third kappa shape index (κ3) is 3.00. The quantitative estimate of drug-likeness (QED) is 0.808. The van der Waals surface area contributed by atoms with Crippen molar-refractivity contribution in [3.8, 4) is 17.0 Å². The number of benzene rings is 1. The summed E-state index contributed by atoms with van der Waals surface area (Å²) in [5.41, 5.74) is 2.06. The maximum absolute atomic E-state index is 13.2. The Morgan fingerprint density at radius 2 is 2.16 bits per heavy atom. The van der Waals surface area contributed by atoms with Crippen molar-refractivity contribution in [2.45, 2.75) is 6.92 Å². The van der Waals surface area contributed by atoms with Crippen LogP contribution < -0.4 is 4.74 Å². The Balaban J connectivity index is 2.41. The van der Waals surface area contributed by atoms with Gasteiger partial charge in [-0.2, -0.15) is 5.10 Å². The fourth-order valence-corrected chi connectivity index (χ4v) is 1.79. The highest BCUT2D eigenvalue weighted by Crippen LogP contribution is 2.29. The molecule has 0 aliphatic rings. The SMILES string of the molecule is COCOc1cnnc(-c2ccc(F)c(Cl)c2)c1C. The normalized spacial score (nSPS) is 10.5. The molecular formula is C13H12ClFN2O2. The zero-order chi connectivity index (χ0) is 13.8. The molecule has 0 saturated heterocycles. The fraction of sp³-hybridized carbons (Fsp3) is 0.231. The number of rotatable bonds is 4. The molecule has 1 aromatic heterocycles. The minimum atomic E-state index is -0.470. The van der Waals surface area contributed by atoms with E-state index in [1.807, 2.05) is 6.92 Å². The van der Waals surface area contributed by atoms with Crippen molar-refractivity contribution in [3.63, 3.8) is 0 Å². The van der Waals surface area contributed by atoms with Gasteiger partial charge in [-0.1, -0.05) is 11.6 Å². The van der Waals surface area contributed by atoms with E-state index in [9.17, 15) is 4.39 Å². The predicted molar refractivity (Wildman–Crippen MR) is 69.7 cm³/mol. The average Bonchev–Trinajstić information content (AvgIpc) is 2.41. The Labute approximate surface area is 115 Å². The highest BCUT2D eigenvalue weighted by molar-refractivity contribution is 6.31.